The maximum atomic E-state index is 11.7. The van der Waals surface area contributed by atoms with Crippen LogP contribution >= 0.6 is 0 Å². The van der Waals surface area contributed by atoms with E-state index in [-0.39, 0.29) is 18.4 Å². The van der Waals surface area contributed by atoms with Crippen LogP contribution in [0, 0.1) is 11.8 Å². The number of hydrogen-bond acceptors (Lipinski definition) is 5. The van der Waals surface area contributed by atoms with E-state index in [1.165, 1.54) is 0 Å². The first-order valence-electron chi connectivity index (χ1n) is 7.07. The molecule has 0 radical (unpaired) electrons. The van der Waals surface area contributed by atoms with Crippen molar-refractivity contribution in [3.63, 3.8) is 0 Å². The number of nitrogens with zero attached hydrogens (tertiary/aromatic N) is 3. The second kappa shape index (κ2) is 7.49. The van der Waals surface area contributed by atoms with Gasteiger partial charge < -0.3 is 20.3 Å². The van der Waals surface area contributed by atoms with Crippen molar-refractivity contribution in [2.75, 3.05) is 13.2 Å². The number of aliphatic hydroxyl groups is 2. The summed E-state index contributed by atoms with van der Waals surface area (Å²) in [5.74, 6) is -0.00651. The van der Waals surface area contributed by atoms with Gasteiger partial charge in [-0.1, -0.05) is 5.11 Å². The fraction of sp³-hybridized carbons (Fsp3) is 0.923. The third-order valence-corrected chi connectivity index (χ3v) is 3.33. The zero-order valence-electron chi connectivity index (χ0n) is 12.7. The summed E-state index contributed by atoms with van der Waals surface area (Å²) in [5.41, 5.74) is 7.75. The molecule has 0 unspecified atom stereocenters. The highest BCUT2D eigenvalue weighted by Gasteiger charge is 2.39. The van der Waals surface area contributed by atoms with Crippen molar-refractivity contribution in [3.8, 4) is 0 Å². The van der Waals surface area contributed by atoms with E-state index in [1.807, 2.05) is 0 Å². The van der Waals surface area contributed by atoms with Gasteiger partial charge in [0.05, 0.1) is 18.8 Å². The van der Waals surface area contributed by atoms with Crippen molar-refractivity contribution < 1.29 is 19.7 Å². The molecular formula is C13H24N4O4. The van der Waals surface area contributed by atoms with Crippen LogP contribution in [-0.2, 0) is 4.74 Å². The summed E-state index contributed by atoms with van der Waals surface area (Å²) in [5, 5.41) is 25.7. The van der Waals surface area contributed by atoms with Crippen molar-refractivity contribution in [1.82, 2.24) is 5.32 Å². The molecule has 0 bridgehead atoms. The molecule has 3 atom stereocenters. The normalized spacial score (nSPS) is 19.1. The van der Waals surface area contributed by atoms with Crippen LogP contribution in [0.3, 0.4) is 0 Å². The number of rotatable bonds is 7. The summed E-state index contributed by atoms with van der Waals surface area (Å²) in [4.78, 5) is 14.4. The smallest absolute Gasteiger partial charge is 0.408 e. The molecule has 120 valence electrons. The van der Waals surface area contributed by atoms with E-state index in [9.17, 15) is 15.0 Å². The highest BCUT2D eigenvalue weighted by molar-refractivity contribution is 5.68. The summed E-state index contributed by atoms with van der Waals surface area (Å²) in [6.07, 6.45) is 0.222. The molecule has 1 aliphatic carbocycles. The highest BCUT2D eigenvalue weighted by atomic mass is 16.6. The van der Waals surface area contributed by atoms with Crippen LogP contribution < -0.4 is 5.32 Å². The van der Waals surface area contributed by atoms with E-state index >= 15 is 0 Å². The molecule has 0 aromatic carbocycles. The summed E-state index contributed by atoms with van der Waals surface area (Å²) in [7, 11) is 0. The van der Waals surface area contributed by atoms with E-state index in [4.69, 9.17) is 10.3 Å². The molecule has 0 saturated heterocycles. The minimum absolute atomic E-state index is 0.148. The lowest BCUT2D eigenvalue weighted by atomic mass is 9.92. The average molecular weight is 300 g/mol. The number of azide groups is 1. The molecule has 8 nitrogen and oxygen atoms in total. The monoisotopic (exact) mass is 300 g/mol. The zero-order valence-corrected chi connectivity index (χ0v) is 12.7. The standard InChI is InChI=1S/C13H24N4O4/c1-13(2,3)21-12(20)16-10(7-18)11(19)9(6-15-17-14)8-4-5-8/h8-11,18-19H,4-7H2,1-3H3,(H,16,20)/t9-,10-,11-/m1/s1. The maximum Gasteiger partial charge on any atom is 0.408 e. The predicted molar refractivity (Wildman–Crippen MR) is 76.5 cm³/mol. The molecule has 3 N–H and O–H groups in total. The van der Waals surface area contributed by atoms with Crippen molar-refractivity contribution in [3.05, 3.63) is 10.4 Å². The Morgan fingerprint density at radius 2 is 2.14 bits per heavy atom. The number of ether oxygens (including phenoxy) is 1. The van der Waals surface area contributed by atoms with Gasteiger partial charge in [-0.15, -0.1) is 0 Å². The third kappa shape index (κ3) is 6.20. The third-order valence-electron chi connectivity index (χ3n) is 3.33. The molecule has 0 aromatic rings. The lowest BCUT2D eigenvalue weighted by Gasteiger charge is -2.29. The Morgan fingerprint density at radius 1 is 1.52 bits per heavy atom. The van der Waals surface area contributed by atoms with Gasteiger partial charge in [-0.05, 0) is 51.0 Å². The fourth-order valence-electron chi connectivity index (χ4n) is 2.19. The van der Waals surface area contributed by atoms with E-state index in [0.29, 0.717) is 0 Å². The molecule has 1 rings (SSSR count). The molecule has 0 heterocycles. The Kier molecular flexibility index (Phi) is 6.26. The van der Waals surface area contributed by atoms with Crippen molar-refractivity contribution in [1.29, 1.82) is 0 Å². The molecule has 0 aromatic heterocycles. The lowest BCUT2D eigenvalue weighted by Crippen LogP contribution is -2.51. The second-order valence-corrected chi connectivity index (χ2v) is 6.34. The van der Waals surface area contributed by atoms with Gasteiger partial charge in [-0.2, -0.15) is 0 Å². The first-order chi connectivity index (χ1) is 9.78. The predicted octanol–water partition coefficient (Wildman–Crippen LogP) is 1.57. The van der Waals surface area contributed by atoms with E-state index in [1.54, 1.807) is 20.8 Å². The molecule has 0 aliphatic heterocycles. The number of aliphatic hydroxyl groups excluding tert-OH is 2. The van der Waals surface area contributed by atoms with Crippen LogP contribution in [0.25, 0.3) is 10.4 Å². The minimum Gasteiger partial charge on any atom is -0.444 e. The molecule has 21 heavy (non-hydrogen) atoms. The number of amides is 1. The van der Waals surface area contributed by atoms with Crippen molar-refractivity contribution >= 4 is 6.09 Å². The molecule has 8 heteroatoms. The molecule has 1 saturated carbocycles. The summed E-state index contributed by atoms with van der Waals surface area (Å²) >= 11 is 0. The maximum absolute atomic E-state index is 11.7. The van der Waals surface area contributed by atoms with Crippen molar-refractivity contribution in [2.24, 2.45) is 17.0 Å². The molecule has 1 fully saturated rings. The molecule has 1 aliphatic rings. The van der Waals surface area contributed by atoms with E-state index < -0.39 is 30.4 Å². The van der Waals surface area contributed by atoms with Crippen LogP contribution in [0.5, 0.6) is 0 Å². The Hall–Kier alpha value is -1.50. The van der Waals surface area contributed by atoms with Gasteiger partial charge in [0, 0.05) is 11.5 Å². The Labute approximate surface area is 124 Å². The van der Waals surface area contributed by atoms with Gasteiger partial charge in [-0.3, -0.25) is 0 Å². The van der Waals surface area contributed by atoms with Gasteiger partial charge in [0.1, 0.15) is 5.60 Å². The van der Waals surface area contributed by atoms with Crippen LogP contribution in [0.2, 0.25) is 0 Å². The average Bonchev–Trinajstić information content (AvgIpc) is 3.18. The topological polar surface area (TPSA) is 128 Å². The van der Waals surface area contributed by atoms with Crippen LogP contribution in [0.1, 0.15) is 33.6 Å². The number of alkyl carbamates (subject to hydrolysis) is 1. The first kappa shape index (κ1) is 17.6. The first-order valence-corrected chi connectivity index (χ1v) is 7.07. The van der Waals surface area contributed by atoms with Gasteiger partial charge >= 0.3 is 6.09 Å². The second-order valence-electron chi connectivity index (χ2n) is 6.34. The van der Waals surface area contributed by atoms with E-state index in [2.05, 4.69) is 15.3 Å². The Morgan fingerprint density at radius 3 is 2.57 bits per heavy atom. The van der Waals surface area contributed by atoms with Gasteiger partial charge in [0.2, 0.25) is 0 Å². The van der Waals surface area contributed by atoms with Crippen LogP contribution in [0.4, 0.5) is 4.79 Å². The van der Waals surface area contributed by atoms with Crippen LogP contribution in [0.15, 0.2) is 5.11 Å². The minimum atomic E-state index is -0.986. The van der Waals surface area contributed by atoms with Gasteiger partial charge in [-0.25, -0.2) is 4.79 Å². The van der Waals surface area contributed by atoms with E-state index in [0.717, 1.165) is 12.8 Å². The molecular weight excluding hydrogens is 276 g/mol. The van der Waals surface area contributed by atoms with Gasteiger partial charge in [0.25, 0.3) is 0 Å². The zero-order chi connectivity index (χ0) is 16.0. The lowest BCUT2D eigenvalue weighted by molar-refractivity contribution is 0.0175. The SMILES string of the molecule is CC(C)(C)OC(=O)N[C@H](CO)[C@H](O)[C@H](CN=[N+]=[N-])C1CC1. The number of hydrogen-bond donors (Lipinski definition) is 3. The Balaban J connectivity index is 2.63. The molecule has 0 spiro atoms. The fourth-order valence-corrected chi connectivity index (χ4v) is 2.19. The van der Waals surface area contributed by atoms with Crippen LogP contribution in [-0.4, -0.2) is 47.2 Å². The summed E-state index contributed by atoms with van der Waals surface area (Å²) in [6, 6.07) is -0.848. The quantitative estimate of drug-likeness (QED) is 0.374. The number of carbonyl (C=O) groups is 1. The largest absolute Gasteiger partial charge is 0.444 e. The molecule has 1 amide bonds. The number of nitrogens with one attached hydrogen (secondary N) is 1. The van der Waals surface area contributed by atoms with Crippen molar-refractivity contribution in [2.45, 2.75) is 51.4 Å². The summed E-state index contributed by atoms with van der Waals surface area (Å²) < 4.78 is 5.10. The summed E-state index contributed by atoms with van der Waals surface area (Å²) in [6.45, 7) is 4.91. The Bertz CT molecular complexity index is 399. The van der Waals surface area contributed by atoms with Gasteiger partial charge in [0.15, 0.2) is 0 Å². The number of carbonyl (C=O) groups excluding carboxylic acids is 1. The highest BCUT2D eigenvalue weighted by Crippen LogP contribution is 2.39.